The van der Waals surface area contributed by atoms with Gasteiger partial charge in [0, 0.05) is 0 Å². The predicted octanol–water partition coefficient (Wildman–Crippen LogP) is -0.00730. The van der Waals surface area contributed by atoms with Gasteiger partial charge < -0.3 is 9.47 Å². The summed E-state index contributed by atoms with van der Waals surface area (Å²) in [6.45, 7) is 1.24. The molecule has 2 aliphatic rings. The Morgan fingerprint density at radius 1 is 1.37 bits per heavy atom. The molecule has 0 aromatic heterocycles. The zero-order valence-corrected chi connectivity index (χ0v) is 11.0. The monoisotopic (exact) mass is 270 g/mol. The Bertz CT molecular complexity index is 384. The lowest BCUT2D eigenvalue weighted by Gasteiger charge is -2.33. The first-order chi connectivity index (χ1) is 9.13. The summed E-state index contributed by atoms with van der Waals surface area (Å²) in [5, 5.41) is 0. The van der Waals surface area contributed by atoms with Gasteiger partial charge in [-0.15, -0.1) is 0 Å². The van der Waals surface area contributed by atoms with E-state index in [-0.39, 0.29) is 37.6 Å². The molecular formula is C12H18N2O5. The molecule has 1 atom stereocenters. The van der Waals surface area contributed by atoms with Gasteiger partial charge >= 0.3 is 12.1 Å². The Kier molecular flexibility index (Phi) is 4.36. The number of cyclic esters (lactones) is 1. The highest BCUT2D eigenvalue weighted by Gasteiger charge is 2.34. The highest BCUT2D eigenvalue weighted by Crippen LogP contribution is 2.18. The first-order valence-electron chi connectivity index (χ1n) is 6.42. The van der Waals surface area contributed by atoms with Gasteiger partial charge in [0.1, 0.15) is 12.6 Å². The summed E-state index contributed by atoms with van der Waals surface area (Å²) in [7, 11) is 1.34. The predicted molar refractivity (Wildman–Crippen MR) is 64.3 cm³/mol. The molecular weight excluding hydrogens is 252 g/mol. The van der Waals surface area contributed by atoms with Crippen molar-refractivity contribution in [1.29, 1.82) is 0 Å². The third kappa shape index (κ3) is 3.04. The van der Waals surface area contributed by atoms with Crippen molar-refractivity contribution in [3.8, 4) is 0 Å². The smallest absolute Gasteiger partial charge is 0.416 e. The fourth-order valence-corrected chi connectivity index (χ4v) is 2.46. The molecule has 106 valence electrons. The van der Waals surface area contributed by atoms with Crippen molar-refractivity contribution in [3.63, 3.8) is 0 Å². The molecule has 2 amide bonds. The third-order valence-electron chi connectivity index (χ3n) is 3.49. The number of amides is 2. The highest BCUT2D eigenvalue weighted by atomic mass is 16.6. The van der Waals surface area contributed by atoms with Crippen LogP contribution in [0.25, 0.3) is 0 Å². The Balaban J connectivity index is 1.97. The number of methoxy groups -OCH3 is 1. The van der Waals surface area contributed by atoms with Crippen molar-refractivity contribution in [2.24, 2.45) is 0 Å². The number of esters is 1. The Hall–Kier alpha value is -1.63. The lowest BCUT2D eigenvalue weighted by atomic mass is 10.0. The van der Waals surface area contributed by atoms with Crippen LogP contribution in [-0.4, -0.2) is 67.2 Å². The number of ether oxygens (including phenoxy) is 2. The number of hydrogen-bond acceptors (Lipinski definition) is 6. The molecule has 2 rings (SSSR count). The molecule has 0 bridgehead atoms. The van der Waals surface area contributed by atoms with E-state index in [0.29, 0.717) is 13.0 Å². The van der Waals surface area contributed by atoms with Crippen LogP contribution in [0.15, 0.2) is 0 Å². The summed E-state index contributed by atoms with van der Waals surface area (Å²) in [4.78, 5) is 37.8. The zero-order valence-electron chi connectivity index (χ0n) is 11.0. The molecule has 2 saturated heterocycles. The molecule has 0 saturated carbocycles. The minimum absolute atomic E-state index is 0.0505. The molecule has 0 N–H and O–H groups in total. The average molecular weight is 270 g/mol. The van der Waals surface area contributed by atoms with Gasteiger partial charge in [0.2, 0.25) is 5.91 Å². The summed E-state index contributed by atoms with van der Waals surface area (Å²) < 4.78 is 9.48. The number of imide groups is 1. The van der Waals surface area contributed by atoms with Crippen LogP contribution in [-0.2, 0) is 19.1 Å². The zero-order chi connectivity index (χ0) is 13.8. The summed E-state index contributed by atoms with van der Waals surface area (Å²) in [6.07, 6.45) is 1.96. The largest absolute Gasteiger partial charge is 0.468 e. The van der Waals surface area contributed by atoms with E-state index in [2.05, 4.69) is 0 Å². The van der Waals surface area contributed by atoms with E-state index in [0.717, 1.165) is 17.7 Å². The second-order valence-corrected chi connectivity index (χ2v) is 4.66. The number of carbonyl (C=O) groups is 3. The number of carbonyl (C=O) groups excluding carboxylic acids is 3. The Labute approximate surface area is 111 Å². The van der Waals surface area contributed by atoms with Crippen LogP contribution in [0.1, 0.15) is 19.3 Å². The maximum Gasteiger partial charge on any atom is 0.416 e. The molecule has 0 aromatic rings. The maximum absolute atomic E-state index is 12.0. The Morgan fingerprint density at radius 2 is 2.16 bits per heavy atom. The minimum Gasteiger partial charge on any atom is -0.468 e. The van der Waals surface area contributed by atoms with E-state index in [1.54, 1.807) is 4.90 Å². The normalized spacial score (nSPS) is 24.2. The third-order valence-corrected chi connectivity index (χ3v) is 3.49. The maximum atomic E-state index is 12.0. The van der Waals surface area contributed by atoms with Gasteiger partial charge in [-0.05, 0) is 19.4 Å². The molecule has 0 radical (unpaired) electrons. The number of rotatable bonds is 3. The van der Waals surface area contributed by atoms with Gasteiger partial charge in [0.15, 0.2) is 0 Å². The van der Waals surface area contributed by atoms with E-state index < -0.39 is 6.09 Å². The van der Waals surface area contributed by atoms with Crippen molar-refractivity contribution in [2.75, 3.05) is 33.4 Å². The number of nitrogens with zero attached hydrogens (tertiary/aromatic N) is 2. The van der Waals surface area contributed by atoms with Crippen LogP contribution in [0, 0.1) is 0 Å². The molecule has 7 heteroatoms. The Morgan fingerprint density at radius 3 is 2.79 bits per heavy atom. The van der Waals surface area contributed by atoms with Gasteiger partial charge in [-0.25, -0.2) is 9.69 Å². The van der Waals surface area contributed by atoms with Crippen LogP contribution < -0.4 is 0 Å². The van der Waals surface area contributed by atoms with Gasteiger partial charge in [-0.2, -0.15) is 0 Å². The quantitative estimate of drug-likeness (QED) is 0.671. The number of hydrogen-bond donors (Lipinski definition) is 0. The summed E-state index contributed by atoms with van der Waals surface area (Å²) >= 11 is 0. The van der Waals surface area contributed by atoms with Crippen LogP contribution >= 0.6 is 0 Å². The van der Waals surface area contributed by atoms with Gasteiger partial charge in [0.05, 0.1) is 20.2 Å². The van der Waals surface area contributed by atoms with Crippen molar-refractivity contribution in [3.05, 3.63) is 0 Å². The van der Waals surface area contributed by atoms with Gasteiger partial charge in [0.25, 0.3) is 0 Å². The fourth-order valence-electron chi connectivity index (χ4n) is 2.46. The summed E-state index contributed by atoms with van der Waals surface area (Å²) in [6, 6.07) is -0.388. The molecule has 1 unspecified atom stereocenters. The highest BCUT2D eigenvalue weighted by molar-refractivity contribution is 5.94. The van der Waals surface area contributed by atoms with Gasteiger partial charge in [-0.3, -0.25) is 14.5 Å². The molecule has 0 aromatic carbocycles. The van der Waals surface area contributed by atoms with Crippen molar-refractivity contribution < 1.29 is 23.9 Å². The van der Waals surface area contributed by atoms with Crippen LogP contribution in [0.2, 0.25) is 0 Å². The lowest BCUT2D eigenvalue weighted by Crippen LogP contribution is -2.50. The lowest BCUT2D eigenvalue weighted by molar-refractivity contribution is -0.149. The molecule has 19 heavy (non-hydrogen) atoms. The first kappa shape index (κ1) is 13.8. The van der Waals surface area contributed by atoms with Crippen molar-refractivity contribution in [1.82, 2.24) is 9.80 Å². The standard InChI is InChI=1S/C12H18N2O5/c1-18-11(16)9-4-2-3-5-13(9)8-10(15)14-6-7-19-12(14)17/h9H,2-8H2,1H3. The molecule has 0 aliphatic carbocycles. The fraction of sp³-hybridized carbons (Fsp3) is 0.750. The number of likely N-dealkylation sites (tertiary alicyclic amines) is 1. The topological polar surface area (TPSA) is 76.2 Å². The van der Waals surface area contributed by atoms with Crippen LogP contribution in [0.5, 0.6) is 0 Å². The van der Waals surface area contributed by atoms with Crippen LogP contribution in [0.4, 0.5) is 4.79 Å². The van der Waals surface area contributed by atoms with Gasteiger partial charge in [-0.1, -0.05) is 6.42 Å². The SMILES string of the molecule is COC(=O)C1CCCCN1CC(=O)N1CCOC1=O. The molecule has 7 nitrogen and oxygen atoms in total. The van der Waals surface area contributed by atoms with Crippen molar-refractivity contribution >= 4 is 18.0 Å². The molecule has 0 spiro atoms. The van der Waals surface area contributed by atoms with Crippen molar-refractivity contribution in [2.45, 2.75) is 25.3 Å². The van der Waals surface area contributed by atoms with E-state index in [4.69, 9.17) is 9.47 Å². The van der Waals surface area contributed by atoms with Crippen LogP contribution in [0.3, 0.4) is 0 Å². The van der Waals surface area contributed by atoms with E-state index >= 15 is 0 Å². The molecule has 2 heterocycles. The minimum atomic E-state index is -0.600. The summed E-state index contributed by atoms with van der Waals surface area (Å²) in [5.74, 6) is -0.644. The first-order valence-corrected chi connectivity index (χ1v) is 6.42. The second kappa shape index (κ2) is 6.01. The molecule has 2 aliphatic heterocycles. The second-order valence-electron chi connectivity index (χ2n) is 4.66. The van der Waals surface area contributed by atoms with E-state index in [9.17, 15) is 14.4 Å². The van der Waals surface area contributed by atoms with E-state index in [1.807, 2.05) is 0 Å². The average Bonchev–Trinajstić information content (AvgIpc) is 2.85. The summed E-state index contributed by atoms with van der Waals surface area (Å²) in [5.41, 5.74) is 0. The van der Waals surface area contributed by atoms with E-state index in [1.165, 1.54) is 7.11 Å². The molecule has 2 fully saturated rings. The number of piperidine rings is 1.